The van der Waals surface area contributed by atoms with Crippen LogP contribution in [-0.2, 0) is 20.6 Å². The molecule has 6 nitrogen and oxygen atoms in total. The summed E-state index contributed by atoms with van der Waals surface area (Å²) in [4.78, 5) is 10.9. The fourth-order valence-electron chi connectivity index (χ4n) is 1.57. The highest BCUT2D eigenvalue weighted by Gasteiger charge is 2.23. The SMILES string of the molecule is C=CCC(NS(=O)(=O)Cc1cccc(C#N)c1)C(=O)O. The van der Waals surface area contributed by atoms with Gasteiger partial charge in [-0.15, -0.1) is 6.58 Å². The monoisotopic (exact) mass is 294 g/mol. The van der Waals surface area contributed by atoms with E-state index in [0.29, 0.717) is 11.1 Å². The predicted molar refractivity (Wildman–Crippen MR) is 73.2 cm³/mol. The van der Waals surface area contributed by atoms with Crippen LogP contribution in [0.1, 0.15) is 17.5 Å². The first-order chi connectivity index (χ1) is 9.38. The number of carbonyl (C=O) groups is 1. The number of benzene rings is 1. The Balaban J connectivity index is 2.86. The second-order valence-corrected chi connectivity index (χ2v) is 5.86. The average Bonchev–Trinajstić information content (AvgIpc) is 2.37. The number of hydrogen-bond donors (Lipinski definition) is 2. The maximum absolute atomic E-state index is 11.9. The van der Waals surface area contributed by atoms with Crippen LogP contribution in [0.4, 0.5) is 0 Å². The molecule has 0 bridgehead atoms. The molecule has 7 heteroatoms. The van der Waals surface area contributed by atoms with Gasteiger partial charge in [0.15, 0.2) is 0 Å². The second kappa shape index (κ2) is 6.84. The summed E-state index contributed by atoms with van der Waals surface area (Å²) in [5, 5.41) is 17.6. The van der Waals surface area contributed by atoms with E-state index < -0.39 is 22.0 Å². The standard InChI is InChI=1S/C13H14N2O4S/c1-2-4-12(13(16)17)15-20(18,19)9-11-6-3-5-10(7-11)8-14/h2-3,5-7,12,15H,1,4,9H2,(H,16,17). The zero-order chi connectivity index (χ0) is 15.2. The van der Waals surface area contributed by atoms with Crippen LogP contribution in [0, 0.1) is 11.3 Å². The van der Waals surface area contributed by atoms with E-state index in [1.165, 1.54) is 12.1 Å². The Morgan fingerprint density at radius 1 is 1.55 bits per heavy atom. The maximum Gasteiger partial charge on any atom is 0.322 e. The van der Waals surface area contributed by atoms with Gasteiger partial charge in [-0.25, -0.2) is 13.1 Å². The van der Waals surface area contributed by atoms with E-state index >= 15 is 0 Å². The Labute approximate surface area is 117 Å². The number of rotatable bonds is 7. The van der Waals surface area contributed by atoms with Crippen LogP contribution >= 0.6 is 0 Å². The van der Waals surface area contributed by atoms with Crippen molar-refractivity contribution in [3.63, 3.8) is 0 Å². The third-order valence-corrected chi connectivity index (χ3v) is 3.79. The molecule has 20 heavy (non-hydrogen) atoms. The summed E-state index contributed by atoms with van der Waals surface area (Å²) in [6, 6.07) is 6.80. The van der Waals surface area contributed by atoms with E-state index in [-0.39, 0.29) is 12.2 Å². The Bertz CT molecular complexity index is 647. The summed E-state index contributed by atoms with van der Waals surface area (Å²) >= 11 is 0. The van der Waals surface area contributed by atoms with Crippen LogP contribution < -0.4 is 4.72 Å². The molecule has 1 aromatic rings. The molecule has 0 aliphatic heterocycles. The normalized spacial score (nSPS) is 12.3. The first-order valence-corrected chi connectivity index (χ1v) is 7.36. The molecule has 106 valence electrons. The fourth-order valence-corrected chi connectivity index (χ4v) is 2.91. The molecule has 0 spiro atoms. The number of sulfonamides is 1. The zero-order valence-electron chi connectivity index (χ0n) is 10.6. The molecule has 1 rings (SSSR count). The van der Waals surface area contributed by atoms with Crippen molar-refractivity contribution in [1.29, 1.82) is 5.26 Å². The Hall–Kier alpha value is -2.17. The summed E-state index contributed by atoms with van der Waals surface area (Å²) in [7, 11) is -3.81. The molecule has 0 saturated heterocycles. The van der Waals surface area contributed by atoms with E-state index in [0.717, 1.165) is 0 Å². The minimum Gasteiger partial charge on any atom is -0.480 e. The van der Waals surface area contributed by atoms with Gasteiger partial charge in [0.1, 0.15) is 6.04 Å². The molecular formula is C13H14N2O4S. The van der Waals surface area contributed by atoms with Crippen molar-refractivity contribution in [1.82, 2.24) is 4.72 Å². The van der Waals surface area contributed by atoms with Gasteiger partial charge in [0.2, 0.25) is 10.0 Å². The molecule has 0 heterocycles. The third-order valence-electron chi connectivity index (χ3n) is 2.44. The van der Waals surface area contributed by atoms with Crippen LogP contribution in [0.15, 0.2) is 36.9 Å². The minimum atomic E-state index is -3.81. The number of nitrogens with zero attached hydrogens (tertiary/aromatic N) is 1. The number of aliphatic carboxylic acids is 1. The highest BCUT2D eigenvalue weighted by atomic mass is 32.2. The van der Waals surface area contributed by atoms with Crippen LogP contribution in [0.2, 0.25) is 0 Å². The van der Waals surface area contributed by atoms with Gasteiger partial charge in [-0.05, 0) is 24.1 Å². The molecule has 0 amide bonds. The second-order valence-electron chi connectivity index (χ2n) is 4.10. The van der Waals surface area contributed by atoms with Crippen molar-refractivity contribution in [2.75, 3.05) is 0 Å². The molecule has 1 unspecified atom stereocenters. The Morgan fingerprint density at radius 3 is 2.80 bits per heavy atom. The van der Waals surface area contributed by atoms with Crippen molar-refractivity contribution < 1.29 is 18.3 Å². The molecule has 0 aliphatic carbocycles. The first-order valence-electron chi connectivity index (χ1n) is 5.70. The Morgan fingerprint density at radius 2 is 2.25 bits per heavy atom. The van der Waals surface area contributed by atoms with Gasteiger partial charge < -0.3 is 5.11 Å². The molecule has 0 aromatic heterocycles. The van der Waals surface area contributed by atoms with E-state index in [1.807, 2.05) is 6.07 Å². The lowest BCUT2D eigenvalue weighted by Crippen LogP contribution is -2.40. The van der Waals surface area contributed by atoms with Gasteiger partial charge in [0, 0.05) is 0 Å². The van der Waals surface area contributed by atoms with Crippen molar-refractivity contribution in [3.8, 4) is 6.07 Å². The molecule has 0 radical (unpaired) electrons. The van der Waals surface area contributed by atoms with Crippen molar-refractivity contribution >= 4 is 16.0 Å². The van der Waals surface area contributed by atoms with Gasteiger partial charge in [0.25, 0.3) is 0 Å². The maximum atomic E-state index is 11.9. The third kappa shape index (κ3) is 4.84. The van der Waals surface area contributed by atoms with Gasteiger partial charge in [-0.1, -0.05) is 18.2 Å². The van der Waals surface area contributed by atoms with Crippen molar-refractivity contribution in [2.45, 2.75) is 18.2 Å². The van der Waals surface area contributed by atoms with E-state index in [1.54, 1.807) is 18.2 Å². The quantitative estimate of drug-likeness (QED) is 0.730. The topological polar surface area (TPSA) is 107 Å². The zero-order valence-corrected chi connectivity index (χ0v) is 11.4. The van der Waals surface area contributed by atoms with Gasteiger partial charge >= 0.3 is 5.97 Å². The van der Waals surface area contributed by atoms with Gasteiger partial charge in [-0.2, -0.15) is 5.26 Å². The molecule has 1 atom stereocenters. The summed E-state index contributed by atoms with van der Waals surface area (Å²) < 4.78 is 25.9. The van der Waals surface area contributed by atoms with Crippen LogP contribution in [-0.4, -0.2) is 25.5 Å². The number of hydrogen-bond acceptors (Lipinski definition) is 4. The molecule has 0 aliphatic rings. The number of carboxylic acid groups (broad SMARTS) is 1. The van der Waals surface area contributed by atoms with Crippen LogP contribution in [0.3, 0.4) is 0 Å². The Kier molecular flexibility index (Phi) is 5.43. The molecule has 1 aromatic carbocycles. The lowest BCUT2D eigenvalue weighted by molar-refractivity contribution is -0.138. The van der Waals surface area contributed by atoms with Gasteiger partial charge in [-0.3, -0.25) is 4.79 Å². The average molecular weight is 294 g/mol. The van der Waals surface area contributed by atoms with E-state index in [4.69, 9.17) is 10.4 Å². The molecule has 0 fully saturated rings. The summed E-state index contributed by atoms with van der Waals surface area (Å²) in [5.41, 5.74) is 0.762. The first kappa shape index (κ1) is 15.9. The van der Waals surface area contributed by atoms with Crippen LogP contribution in [0.5, 0.6) is 0 Å². The predicted octanol–water partition coefficient (Wildman–Crippen LogP) is 1.01. The smallest absolute Gasteiger partial charge is 0.322 e. The summed E-state index contributed by atoms with van der Waals surface area (Å²) in [6.07, 6.45) is 1.32. The molecule has 2 N–H and O–H groups in total. The van der Waals surface area contributed by atoms with Gasteiger partial charge in [0.05, 0.1) is 17.4 Å². The van der Waals surface area contributed by atoms with Crippen LogP contribution in [0.25, 0.3) is 0 Å². The number of nitrogens with one attached hydrogen (secondary N) is 1. The number of nitriles is 1. The number of carboxylic acids is 1. The van der Waals surface area contributed by atoms with E-state index in [9.17, 15) is 13.2 Å². The highest BCUT2D eigenvalue weighted by molar-refractivity contribution is 7.88. The molecular weight excluding hydrogens is 280 g/mol. The lowest BCUT2D eigenvalue weighted by atomic mass is 10.2. The fraction of sp³-hybridized carbons (Fsp3) is 0.231. The summed E-state index contributed by atoms with van der Waals surface area (Å²) in [5.74, 6) is -1.65. The molecule has 0 saturated carbocycles. The minimum absolute atomic E-state index is 0.00714. The highest BCUT2D eigenvalue weighted by Crippen LogP contribution is 2.09. The summed E-state index contributed by atoms with van der Waals surface area (Å²) in [6.45, 7) is 3.39. The lowest BCUT2D eigenvalue weighted by Gasteiger charge is -2.13. The van der Waals surface area contributed by atoms with E-state index in [2.05, 4.69) is 11.3 Å². The van der Waals surface area contributed by atoms with Crippen molar-refractivity contribution in [2.24, 2.45) is 0 Å². The van der Waals surface area contributed by atoms with Crippen molar-refractivity contribution in [3.05, 3.63) is 48.0 Å². The largest absolute Gasteiger partial charge is 0.480 e.